The van der Waals surface area contributed by atoms with Gasteiger partial charge in [0.1, 0.15) is 11.4 Å². The van der Waals surface area contributed by atoms with Crippen molar-refractivity contribution in [1.82, 2.24) is 9.97 Å². The molecule has 0 saturated heterocycles. The maximum Gasteiger partial charge on any atom is 0.573 e. The Labute approximate surface area is 185 Å². The van der Waals surface area contributed by atoms with E-state index in [9.17, 15) is 22.8 Å². The molecule has 0 spiro atoms. The fraction of sp³-hybridized carbons (Fsp3) is 0.0417. The molecule has 2 heterocycles. The molecule has 0 atom stereocenters. The molecule has 0 unspecified atom stereocenters. The number of carbonyl (C=O) groups is 2. The van der Waals surface area contributed by atoms with Gasteiger partial charge in [-0.3, -0.25) is 9.59 Å². The molecule has 166 valence electrons. The van der Waals surface area contributed by atoms with Gasteiger partial charge in [-0.2, -0.15) is 0 Å². The van der Waals surface area contributed by atoms with E-state index in [1.54, 1.807) is 18.3 Å². The maximum absolute atomic E-state index is 13.1. The van der Waals surface area contributed by atoms with E-state index >= 15 is 0 Å². The van der Waals surface area contributed by atoms with Gasteiger partial charge in [-0.25, -0.2) is 4.98 Å². The second-order valence-corrected chi connectivity index (χ2v) is 6.89. The number of benzene rings is 2. The number of ketones is 1. The first-order valence-corrected chi connectivity index (χ1v) is 9.58. The summed E-state index contributed by atoms with van der Waals surface area (Å²) in [5, 5.41) is 0.518. The van der Waals surface area contributed by atoms with Crippen molar-refractivity contribution >= 4 is 29.4 Å². The minimum Gasteiger partial charge on any atom is -0.437 e. The number of hydrogen-bond donors (Lipinski definition) is 1. The number of nitrogens with zero attached hydrogens (tertiary/aromatic N) is 1. The molecular weight excluding hydrogens is 437 g/mol. The molecule has 2 aromatic carbocycles. The minimum absolute atomic E-state index is 0.0466. The predicted octanol–water partition coefficient (Wildman–Crippen LogP) is 5.50. The molecule has 1 N–H and O–H groups in total. The zero-order chi connectivity index (χ0) is 23.4. The average Bonchev–Trinajstić information content (AvgIpc) is 3.21. The summed E-state index contributed by atoms with van der Waals surface area (Å²) in [5.41, 5.74) is 3.07. The highest BCUT2D eigenvalue weighted by atomic mass is 19.4. The Bertz CT molecular complexity index is 1360. The third-order valence-electron chi connectivity index (χ3n) is 4.72. The molecule has 0 radical (unpaired) electrons. The summed E-state index contributed by atoms with van der Waals surface area (Å²) in [5.74, 6) is -0.953. The van der Waals surface area contributed by atoms with E-state index in [-0.39, 0.29) is 11.1 Å². The number of fused-ring (bicyclic) bond motifs is 1. The first-order chi connectivity index (χ1) is 15.8. The normalized spacial score (nSPS) is 11.6. The Morgan fingerprint density at radius 2 is 1.85 bits per heavy atom. The monoisotopic (exact) mass is 452 g/mol. The van der Waals surface area contributed by atoms with Crippen LogP contribution in [0.3, 0.4) is 0 Å². The van der Waals surface area contributed by atoms with Crippen LogP contribution in [-0.2, 0) is 9.53 Å². The van der Waals surface area contributed by atoms with Crippen molar-refractivity contribution in [2.24, 2.45) is 0 Å². The highest BCUT2D eigenvalue weighted by Crippen LogP contribution is 2.29. The molecule has 0 fully saturated rings. The van der Waals surface area contributed by atoms with Gasteiger partial charge in [-0.15, -0.1) is 13.2 Å². The first-order valence-electron chi connectivity index (χ1n) is 9.58. The summed E-state index contributed by atoms with van der Waals surface area (Å²) >= 11 is 0. The van der Waals surface area contributed by atoms with Gasteiger partial charge in [-0.05, 0) is 41.5 Å². The van der Waals surface area contributed by atoms with Crippen molar-refractivity contribution in [3.63, 3.8) is 0 Å². The summed E-state index contributed by atoms with van der Waals surface area (Å²) in [6.07, 6.45) is 1.12. The van der Waals surface area contributed by atoms with Crippen LogP contribution in [0.15, 0.2) is 73.3 Å². The predicted molar refractivity (Wildman–Crippen MR) is 114 cm³/mol. The molecule has 0 aliphatic heterocycles. The van der Waals surface area contributed by atoms with Crippen molar-refractivity contribution in [3.8, 4) is 16.9 Å². The standard InChI is InChI=1S/C24H15F3N2O4/c25-24(26,27)33-19-6-2-5-17(10-19)22(31)21-13-29-23-20(21)11-18(12-28-23)16-4-1-3-15(9-16)7-8-32-14-30/h1-14H,(H,28,29). The van der Waals surface area contributed by atoms with Gasteiger partial charge >= 0.3 is 6.36 Å². The third-order valence-corrected chi connectivity index (χ3v) is 4.72. The Morgan fingerprint density at radius 3 is 2.64 bits per heavy atom. The Balaban J connectivity index is 1.68. The van der Waals surface area contributed by atoms with Crippen LogP contribution in [0, 0.1) is 0 Å². The number of nitrogens with one attached hydrogen (secondary N) is 1. The van der Waals surface area contributed by atoms with Gasteiger partial charge in [0.15, 0.2) is 5.78 Å². The molecule has 0 aliphatic rings. The van der Waals surface area contributed by atoms with Gasteiger partial charge in [0, 0.05) is 34.5 Å². The summed E-state index contributed by atoms with van der Waals surface area (Å²) < 4.78 is 46.1. The summed E-state index contributed by atoms with van der Waals surface area (Å²) in [4.78, 5) is 30.6. The fourth-order valence-electron chi connectivity index (χ4n) is 3.31. The molecule has 0 saturated carbocycles. The second kappa shape index (κ2) is 8.99. The van der Waals surface area contributed by atoms with E-state index in [1.807, 2.05) is 24.3 Å². The summed E-state index contributed by atoms with van der Waals surface area (Å²) in [6.45, 7) is 0.313. The number of aromatic amines is 1. The van der Waals surface area contributed by atoms with Crippen LogP contribution in [-0.4, -0.2) is 28.6 Å². The number of alkyl halides is 3. The van der Waals surface area contributed by atoms with Crippen LogP contribution < -0.4 is 4.74 Å². The Hall–Kier alpha value is -4.40. The summed E-state index contributed by atoms with van der Waals surface area (Å²) in [7, 11) is 0. The number of aromatic nitrogens is 2. The number of halogens is 3. The lowest BCUT2D eigenvalue weighted by atomic mass is 10.00. The molecule has 4 rings (SSSR count). The SMILES string of the molecule is O=COC=Cc1cccc(-c2cnc3[nH]cc(C(=O)c4cccc(OC(F)(F)F)c4)c3c2)c1. The van der Waals surface area contributed by atoms with Gasteiger partial charge in [0.05, 0.1) is 6.26 Å². The first kappa shape index (κ1) is 21.8. The van der Waals surface area contributed by atoms with Gasteiger partial charge in [0.2, 0.25) is 0 Å². The number of rotatable bonds is 7. The lowest BCUT2D eigenvalue weighted by molar-refractivity contribution is -0.274. The number of hydrogen-bond acceptors (Lipinski definition) is 5. The molecule has 9 heteroatoms. The molecule has 4 aromatic rings. The van der Waals surface area contributed by atoms with E-state index < -0.39 is 17.9 Å². The Kier molecular flexibility index (Phi) is 5.95. The molecule has 2 aromatic heterocycles. The molecule has 0 aliphatic carbocycles. The minimum atomic E-state index is -4.86. The maximum atomic E-state index is 13.1. The number of H-pyrrole nitrogens is 1. The number of carbonyl (C=O) groups excluding carboxylic acids is 2. The van der Waals surface area contributed by atoms with Crippen LogP contribution in [0.2, 0.25) is 0 Å². The molecular formula is C24H15F3N2O4. The molecule has 0 bridgehead atoms. The van der Waals surface area contributed by atoms with Gasteiger partial charge in [0.25, 0.3) is 6.47 Å². The summed E-state index contributed by atoms with van der Waals surface area (Å²) in [6, 6.07) is 14.0. The average molecular weight is 452 g/mol. The van der Waals surface area contributed by atoms with Crippen LogP contribution in [0.25, 0.3) is 28.2 Å². The van der Waals surface area contributed by atoms with Crippen molar-refractivity contribution < 1.29 is 32.2 Å². The quantitative estimate of drug-likeness (QED) is 0.227. The van der Waals surface area contributed by atoms with E-state index in [0.717, 1.165) is 28.8 Å². The largest absolute Gasteiger partial charge is 0.573 e. The lowest BCUT2D eigenvalue weighted by Gasteiger charge is -2.09. The van der Waals surface area contributed by atoms with Crippen molar-refractivity contribution in [2.75, 3.05) is 0 Å². The number of ether oxygens (including phenoxy) is 2. The zero-order valence-corrected chi connectivity index (χ0v) is 16.8. The topological polar surface area (TPSA) is 81.3 Å². The lowest BCUT2D eigenvalue weighted by Crippen LogP contribution is -2.17. The number of pyridine rings is 1. The second-order valence-electron chi connectivity index (χ2n) is 6.89. The van der Waals surface area contributed by atoms with E-state index in [4.69, 9.17) is 0 Å². The highest BCUT2D eigenvalue weighted by Gasteiger charge is 2.31. The zero-order valence-electron chi connectivity index (χ0n) is 16.8. The van der Waals surface area contributed by atoms with Gasteiger partial charge < -0.3 is 14.5 Å². The fourth-order valence-corrected chi connectivity index (χ4v) is 3.31. The molecule has 33 heavy (non-hydrogen) atoms. The van der Waals surface area contributed by atoms with Crippen molar-refractivity contribution in [3.05, 3.63) is 89.9 Å². The molecule has 6 nitrogen and oxygen atoms in total. The third kappa shape index (κ3) is 5.09. The van der Waals surface area contributed by atoms with Crippen LogP contribution in [0.4, 0.5) is 13.2 Å². The van der Waals surface area contributed by atoms with E-state index in [2.05, 4.69) is 19.4 Å². The van der Waals surface area contributed by atoms with Crippen LogP contribution in [0.5, 0.6) is 5.75 Å². The van der Waals surface area contributed by atoms with E-state index in [1.165, 1.54) is 24.6 Å². The highest BCUT2D eigenvalue weighted by molar-refractivity contribution is 6.16. The van der Waals surface area contributed by atoms with Crippen molar-refractivity contribution in [1.29, 1.82) is 0 Å². The van der Waals surface area contributed by atoms with Crippen molar-refractivity contribution in [2.45, 2.75) is 6.36 Å². The molecule has 0 amide bonds. The van der Waals surface area contributed by atoms with Gasteiger partial charge in [-0.1, -0.05) is 30.3 Å². The van der Waals surface area contributed by atoms with Crippen LogP contribution >= 0.6 is 0 Å². The Morgan fingerprint density at radius 1 is 1.03 bits per heavy atom. The van der Waals surface area contributed by atoms with E-state index in [0.29, 0.717) is 17.5 Å². The van der Waals surface area contributed by atoms with Crippen LogP contribution in [0.1, 0.15) is 21.5 Å². The smallest absolute Gasteiger partial charge is 0.437 e.